The first-order chi connectivity index (χ1) is 70.4. The number of urea groups is 2. The van der Waals surface area contributed by atoms with E-state index in [-0.39, 0.29) is 82.5 Å². The predicted octanol–water partition coefficient (Wildman–Crippen LogP) is 14.8. The van der Waals surface area contributed by atoms with E-state index in [4.69, 9.17) is 44.9 Å². The lowest BCUT2D eigenvalue weighted by Crippen LogP contribution is -2.55. The average Bonchev–Trinajstić information content (AvgIpc) is 1.10. The summed E-state index contributed by atoms with van der Waals surface area (Å²) in [5.41, 5.74) is 17.0. The Morgan fingerprint density at radius 2 is 1.03 bits per heavy atom. The lowest BCUT2D eigenvalue weighted by atomic mass is 9.61. The summed E-state index contributed by atoms with van der Waals surface area (Å²) in [6.07, 6.45) is 24.3. The number of carbonyl (C=O) groups is 12. The summed E-state index contributed by atoms with van der Waals surface area (Å²) < 4.78 is 66.0. The number of fused-ring (bicyclic) bond motifs is 2. The number of aryl methyl sites for hydroxylation is 3. The Hall–Kier alpha value is -13.6. The molecule has 0 radical (unpaired) electrons. The number of benzene rings is 6. The summed E-state index contributed by atoms with van der Waals surface area (Å²) in [5, 5.41) is 18.9. The zero-order valence-electron chi connectivity index (χ0n) is 85.5. The Bertz CT molecular complexity index is 5870. The molecule has 0 bridgehead atoms. The number of nitrogens with one attached hydrogen (secondary N) is 6. The second-order valence-corrected chi connectivity index (χ2v) is 38.3. The fourth-order valence-corrected chi connectivity index (χ4v) is 19.0. The van der Waals surface area contributed by atoms with Gasteiger partial charge < -0.3 is 76.3 Å². The number of Topliss-reactive ketones (excluding diaryl/α,β-unsaturated/α-hetero) is 4. The highest BCUT2D eigenvalue weighted by Crippen LogP contribution is 2.47. The number of nitrogens with two attached hydrogens (primary N) is 2. The molecule has 2 atom stereocenters. The number of methoxy groups -OCH3 is 2. The molecule has 4 aliphatic heterocycles. The molecule has 0 spiro atoms. The molecule has 784 valence electrons. The molecule has 8 aromatic rings. The Morgan fingerprint density at radius 1 is 0.527 bits per heavy atom. The maximum atomic E-state index is 14.0. The van der Waals surface area contributed by atoms with Gasteiger partial charge in [0.05, 0.1) is 82.1 Å². The Morgan fingerprint density at radius 3 is 1.54 bits per heavy atom. The van der Waals surface area contributed by atoms with Crippen LogP contribution in [0.15, 0.2) is 146 Å². The molecule has 2 saturated heterocycles. The molecular weight excluding hydrogens is 1870 g/mol. The van der Waals surface area contributed by atoms with E-state index in [1.54, 1.807) is 58.7 Å². The van der Waals surface area contributed by atoms with Gasteiger partial charge in [-0.05, 0) is 194 Å². The monoisotopic (exact) mass is 2020 g/mol. The van der Waals surface area contributed by atoms with Crippen LogP contribution < -0.4 is 66.9 Å². The third-order valence-electron chi connectivity index (χ3n) is 28.1. The minimum atomic E-state index is -0.974. The predicted molar refractivity (Wildman–Crippen MR) is 551 cm³/mol. The minimum Gasteiger partial charge on any atom is -0.493 e. The fraction of sp³-hybridized carbons (Fsp3) is 0.491. The van der Waals surface area contributed by atoms with Gasteiger partial charge in [0.15, 0.2) is 23.0 Å². The summed E-state index contributed by atoms with van der Waals surface area (Å²) >= 11 is 0. The third-order valence-corrected chi connectivity index (χ3v) is 28.1. The number of rotatable bonds is 52. The van der Waals surface area contributed by atoms with Gasteiger partial charge in [0.2, 0.25) is 11.8 Å². The van der Waals surface area contributed by atoms with Gasteiger partial charge in [0.25, 0.3) is 35.8 Å². The van der Waals surface area contributed by atoms with Crippen LogP contribution in [0.2, 0.25) is 0 Å². The number of hydrogen-bond acceptors (Lipinski definition) is 24. The number of amides is 10. The molecule has 6 aliphatic rings. The summed E-state index contributed by atoms with van der Waals surface area (Å²) in [4.78, 5) is 161. The number of aromatic nitrogens is 4. The summed E-state index contributed by atoms with van der Waals surface area (Å²) in [7, 11) is 4.77. The number of morpholine rings is 2. The number of hydrogen-bond donors (Lipinski definition) is 8. The molecular formula is C110H144F2N16O18+2. The number of unbranched alkanes of at least 4 members (excludes halogenated alkanes) is 6. The Labute approximate surface area is 852 Å². The molecule has 10 amide bonds. The number of ether oxygens (including phenoxy) is 6. The molecule has 36 heteroatoms. The first-order valence-corrected chi connectivity index (χ1v) is 51.1. The summed E-state index contributed by atoms with van der Waals surface area (Å²) in [5.74, 6) is 0.990. The zero-order chi connectivity index (χ0) is 105. The van der Waals surface area contributed by atoms with Crippen molar-refractivity contribution in [2.24, 2.45) is 34.1 Å². The van der Waals surface area contributed by atoms with Crippen molar-refractivity contribution >= 4 is 121 Å². The van der Waals surface area contributed by atoms with Crippen molar-refractivity contribution in [1.29, 1.82) is 0 Å². The molecule has 10 N–H and O–H groups in total. The van der Waals surface area contributed by atoms with Crippen LogP contribution in [0.4, 0.5) is 47.1 Å². The van der Waals surface area contributed by atoms with Gasteiger partial charge in [-0.3, -0.25) is 62.6 Å². The van der Waals surface area contributed by atoms with Crippen LogP contribution >= 0.6 is 0 Å². The van der Waals surface area contributed by atoms with Gasteiger partial charge in [-0.15, -0.1) is 0 Å². The highest BCUT2D eigenvalue weighted by Gasteiger charge is 2.50. The van der Waals surface area contributed by atoms with Crippen molar-refractivity contribution in [2.45, 2.75) is 202 Å². The first-order valence-electron chi connectivity index (χ1n) is 51.1. The van der Waals surface area contributed by atoms with Gasteiger partial charge in [0.1, 0.15) is 78.6 Å². The molecule has 14 rings (SSSR count). The first kappa shape index (κ1) is 113. The fourth-order valence-electron chi connectivity index (χ4n) is 19.0. The highest BCUT2D eigenvalue weighted by molar-refractivity contribution is 6.14. The number of carbonyl (C=O) groups excluding carboxylic acids is 12. The molecule has 2 saturated carbocycles. The van der Waals surface area contributed by atoms with Crippen LogP contribution in [-0.4, -0.2) is 231 Å². The normalized spacial score (nSPS) is 15.7. The Kier molecular flexibility index (Phi) is 43.4. The number of anilines is 5. The van der Waals surface area contributed by atoms with Crippen molar-refractivity contribution in [1.82, 2.24) is 45.6 Å². The average molecular weight is 2020 g/mol. The van der Waals surface area contributed by atoms with Gasteiger partial charge in [-0.2, -0.15) is 0 Å². The van der Waals surface area contributed by atoms with Gasteiger partial charge >= 0.3 is 12.1 Å². The van der Waals surface area contributed by atoms with Crippen LogP contribution in [0.5, 0.6) is 23.0 Å². The van der Waals surface area contributed by atoms with E-state index in [9.17, 15) is 66.3 Å². The minimum absolute atomic E-state index is 0.00785. The standard InChI is InChI=1S/C38H48FN7O5.C31H36FN4O3.C24H36N4O6.C17H23NO4/c1-4-28(7-5-14-41-38(40)48)37(47)44-29-10-8-27(9-11-29)24-46-25-42-36(43-30-12-13-32(39)26(2)21-30)31-22-35(34(49-3)23-33(31)46)51-18-6-15-45-16-19-50-20-17-45;1-22-5-7-24(8-6-22)20-36(12-15-38-16-13-36)11-4-14-39-30-18-26-28(19-29(30)37-3)33-21-34-31(26)35-25-9-10-27(32)23(2)17-25;1-26-22(33)17(8-6-14-27-23(25)34)16-19(30)24(12-7-13-24)18(29)9-4-2-3-5-15-28-20(31)10-11-21(28)32;1-13(19)17(10-6-11-17)14(20)7-4-2-3-5-12-18-15(21)8-9-16(18)22/h8-13,21-23,25,28H,4-7,14-20,24H2,1-3H3,(H4,40,41,44,47,48);5-10,17-19,21H,4,11-16,20H2,1-3H3,(H,33,34,35);10-11,17H,2-9,12-16H2,1H3,(H,26,33)(H3,25,27,34);8-9H,2-7,10-12H2,1H3/q;+1;;/p+1/t28-;;17-;/m0.1./s1. The van der Waals surface area contributed by atoms with E-state index in [0.29, 0.717) is 181 Å². The molecule has 0 unspecified atom stereocenters. The Balaban J connectivity index is 0.000000192. The maximum Gasteiger partial charge on any atom is 0.312 e. The van der Waals surface area contributed by atoms with Crippen molar-refractivity contribution in [2.75, 3.05) is 142 Å². The van der Waals surface area contributed by atoms with E-state index in [1.807, 2.05) is 60.0 Å². The number of imide groups is 2. The molecule has 4 fully saturated rings. The van der Waals surface area contributed by atoms with E-state index in [1.165, 1.54) is 77.7 Å². The lowest BCUT2D eigenvalue weighted by Gasteiger charge is -2.41. The van der Waals surface area contributed by atoms with Crippen molar-refractivity contribution in [3.8, 4) is 23.0 Å². The number of quaternary nitrogens is 1. The van der Waals surface area contributed by atoms with Crippen molar-refractivity contribution in [3.63, 3.8) is 0 Å². The topological polar surface area (TPSA) is 437 Å². The second kappa shape index (κ2) is 56.2. The molecule has 34 nitrogen and oxygen atoms in total. The van der Waals surface area contributed by atoms with E-state index >= 15 is 0 Å². The summed E-state index contributed by atoms with van der Waals surface area (Å²) in [6.45, 7) is 22.1. The van der Waals surface area contributed by atoms with E-state index in [0.717, 1.165) is 180 Å². The SMILES string of the molecule is CC(=O)C1(C(=O)CCCCCCN2C(=O)C=CC2=O)CCC1.CC[C@@H](CCCNC(N)=O)C(=O)Nc1ccc(C[n+]2cnc(Nc3ccc(F)c(C)c3)c3cc(OCCCN4CCOCC4)c(OC)cc32)cc1.CNC(=O)[C@H](CCCNC(N)=O)CC(=O)C1(C(=O)CCCCCCN2C(=O)C=CC2=O)CCC1.COc1cc2ncnc(Nc3ccc(F)c(C)c3)c2cc1OCCC[N+]1(Cc2ccc(C)cc2)CCOCC1. The van der Waals surface area contributed by atoms with Crippen LogP contribution in [0.3, 0.4) is 0 Å². The van der Waals surface area contributed by atoms with Gasteiger partial charge in [-0.25, -0.2) is 32.9 Å². The third kappa shape index (κ3) is 32.5. The summed E-state index contributed by atoms with van der Waals surface area (Å²) in [6, 6.07) is 32.8. The molecule has 2 aromatic heterocycles. The number of halogens is 2. The molecule has 6 aromatic carbocycles. The van der Waals surface area contributed by atoms with Crippen LogP contribution in [0, 0.1) is 55.1 Å². The maximum absolute atomic E-state index is 14.0. The largest absolute Gasteiger partial charge is 0.493 e. The van der Waals surface area contributed by atoms with Crippen molar-refractivity contribution in [3.05, 3.63) is 186 Å². The van der Waals surface area contributed by atoms with Crippen LogP contribution in [0.1, 0.15) is 196 Å². The quantitative estimate of drug-likeness (QED) is 0.00577. The van der Waals surface area contributed by atoms with Gasteiger partial charge in [0, 0.05) is 161 Å². The van der Waals surface area contributed by atoms with E-state index < -0.39 is 28.8 Å². The lowest BCUT2D eigenvalue weighted by molar-refractivity contribution is -0.947. The van der Waals surface area contributed by atoms with Crippen molar-refractivity contribution < 1.29 is 104 Å². The molecule has 6 heterocycles. The number of ketones is 4. The van der Waals surface area contributed by atoms with E-state index in [2.05, 4.69) is 78.0 Å². The number of primary amides is 2. The number of nitrogens with zero attached hydrogens (tertiary/aromatic N) is 8. The van der Waals surface area contributed by atoms with Crippen LogP contribution in [-0.2, 0) is 70.5 Å². The zero-order valence-corrected chi connectivity index (χ0v) is 85.5. The highest BCUT2D eigenvalue weighted by atomic mass is 19.1. The second-order valence-electron chi connectivity index (χ2n) is 38.3. The van der Waals surface area contributed by atoms with Gasteiger partial charge in [-0.1, -0.05) is 87.4 Å². The smallest absolute Gasteiger partial charge is 0.312 e. The molecule has 146 heavy (non-hydrogen) atoms. The molecule has 2 aliphatic carbocycles. The van der Waals surface area contributed by atoms with Crippen LogP contribution in [0.25, 0.3) is 21.8 Å².